The molecular weight excluding hydrogens is 454 g/mol. The number of carbonyl (C=O) groups is 3. The van der Waals surface area contributed by atoms with Gasteiger partial charge >= 0.3 is 0 Å². The van der Waals surface area contributed by atoms with Crippen molar-refractivity contribution in [3.8, 4) is 17.1 Å². The van der Waals surface area contributed by atoms with E-state index in [1.54, 1.807) is 24.3 Å². The van der Waals surface area contributed by atoms with E-state index >= 15 is 0 Å². The number of hydrogen-bond acceptors (Lipinski definition) is 6. The van der Waals surface area contributed by atoms with Crippen LogP contribution in [0, 0.1) is 11.6 Å². The summed E-state index contributed by atoms with van der Waals surface area (Å²) in [4.78, 5) is 38.1. The number of amides is 3. The van der Waals surface area contributed by atoms with Crippen LogP contribution < -0.4 is 10.1 Å². The van der Waals surface area contributed by atoms with Crippen molar-refractivity contribution in [3.63, 3.8) is 0 Å². The predicted octanol–water partition coefficient (Wildman–Crippen LogP) is 4.91. The van der Waals surface area contributed by atoms with Crippen molar-refractivity contribution in [2.75, 3.05) is 19.0 Å². The van der Waals surface area contributed by atoms with E-state index in [0.29, 0.717) is 23.2 Å². The fraction of sp³-hybridized carbons (Fsp3) is 0.0870. The van der Waals surface area contributed by atoms with Gasteiger partial charge in [-0.05, 0) is 60.3 Å². The molecule has 7 nitrogen and oxygen atoms in total. The molecular formula is C23H16F2N2O5S. The summed E-state index contributed by atoms with van der Waals surface area (Å²) in [5, 5.41) is 2.00. The second kappa shape index (κ2) is 9.29. The molecule has 0 aliphatic carbocycles. The number of anilines is 1. The first-order valence-corrected chi connectivity index (χ1v) is 10.4. The molecule has 0 saturated carbocycles. The Kier molecular flexibility index (Phi) is 6.27. The van der Waals surface area contributed by atoms with Crippen LogP contribution in [0.1, 0.15) is 5.76 Å². The Bertz CT molecular complexity index is 1270. The monoisotopic (exact) mass is 470 g/mol. The summed E-state index contributed by atoms with van der Waals surface area (Å²) in [6.07, 6.45) is 1.33. The zero-order chi connectivity index (χ0) is 23.5. The second-order valence-corrected chi connectivity index (χ2v) is 7.86. The quantitative estimate of drug-likeness (QED) is 0.515. The maximum absolute atomic E-state index is 14.0. The summed E-state index contributed by atoms with van der Waals surface area (Å²) in [7, 11) is 1.52. The summed E-state index contributed by atoms with van der Waals surface area (Å²) in [5.41, 5.74) is 0.541. The Labute approximate surface area is 191 Å². The zero-order valence-corrected chi connectivity index (χ0v) is 17.9. The van der Waals surface area contributed by atoms with Crippen molar-refractivity contribution in [2.45, 2.75) is 0 Å². The van der Waals surface area contributed by atoms with Gasteiger partial charge in [-0.2, -0.15) is 0 Å². The molecule has 1 aliphatic heterocycles. The summed E-state index contributed by atoms with van der Waals surface area (Å²) in [6, 6.07) is 12.6. The number of hydrogen-bond donors (Lipinski definition) is 1. The van der Waals surface area contributed by atoms with E-state index in [2.05, 4.69) is 5.32 Å². The van der Waals surface area contributed by atoms with E-state index in [1.165, 1.54) is 31.4 Å². The van der Waals surface area contributed by atoms with E-state index < -0.39 is 35.2 Å². The van der Waals surface area contributed by atoms with Gasteiger partial charge in [0, 0.05) is 17.8 Å². The third-order valence-corrected chi connectivity index (χ3v) is 5.55. The molecule has 1 fully saturated rings. The van der Waals surface area contributed by atoms with Crippen molar-refractivity contribution in [1.82, 2.24) is 4.90 Å². The number of imide groups is 1. The fourth-order valence-electron chi connectivity index (χ4n) is 3.05. The Morgan fingerprint density at radius 2 is 1.88 bits per heavy atom. The van der Waals surface area contributed by atoms with Crippen LogP contribution in [-0.2, 0) is 9.59 Å². The molecule has 1 saturated heterocycles. The van der Waals surface area contributed by atoms with E-state index in [1.807, 2.05) is 0 Å². The van der Waals surface area contributed by atoms with E-state index in [9.17, 15) is 23.2 Å². The first kappa shape index (κ1) is 22.3. The molecule has 10 heteroatoms. The van der Waals surface area contributed by atoms with E-state index in [0.717, 1.165) is 17.0 Å². The molecule has 1 aromatic heterocycles. The smallest absolute Gasteiger partial charge is 0.294 e. The molecule has 3 amide bonds. The third kappa shape index (κ3) is 4.96. The highest BCUT2D eigenvalue weighted by Crippen LogP contribution is 2.33. The number of thioether (sulfide) groups is 1. The van der Waals surface area contributed by atoms with Gasteiger partial charge in [-0.15, -0.1) is 0 Å². The second-order valence-electron chi connectivity index (χ2n) is 6.87. The number of rotatable bonds is 6. The summed E-state index contributed by atoms with van der Waals surface area (Å²) in [6.45, 7) is -0.460. The highest BCUT2D eigenvalue weighted by Gasteiger charge is 2.36. The molecule has 2 heterocycles. The SMILES string of the molecule is COc1ccc(NC(=O)CN2C(=O)S/C(=C/c3ccc(-c4ccc(F)cc4F)o3)C2=O)cc1. The Balaban J connectivity index is 1.44. The lowest BCUT2D eigenvalue weighted by Crippen LogP contribution is -2.36. The Morgan fingerprint density at radius 1 is 1.12 bits per heavy atom. The van der Waals surface area contributed by atoms with Crippen molar-refractivity contribution < 1.29 is 32.3 Å². The number of carbonyl (C=O) groups excluding carboxylic acids is 3. The lowest BCUT2D eigenvalue weighted by atomic mass is 10.1. The van der Waals surface area contributed by atoms with Crippen LogP contribution in [-0.4, -0.2) is 35.6 Å². The van der Waals surface area contributed by atoms with Crippen LogP contribution in [0.5, 0.6) is 5.75 Å². The number of methoxy groups -OCH3 is 1. The van der Waals surface area contributed by atoms with E-state index in [4.69, 9.17) is 9.15 Å². The van der Waals surface area contributed by atoms with Crippen molar-refractivity contribution in [1.29, 1.82) is 0 Å². The van der Waals surface area contributed by atoms with Gasteiger partial charge in [0.15, 0.2) is 0 Å². The summed E-state index contributed by atoms with van der Waals surface area (Å²) in [5.74, 6) is -1.76. The molecule has 4 rings (SSSR count). The van der Waals surface area contributed by atoms with Gasteiger partial charge in [0.25, 0.3) is 11.1 Å². The first-order valence-electron chi connectivity index (χ1n) is 9.58. The van der Waals surface area contributed by atoms with Gasteiger partial charge in [-0.25, -0.2) is 8.78 Å². The van der Waals surface area contributed by atoms with Gasteiger partial charge in [0.05, 0.1) is 17.6 Å². The average Bonchev–Trinajstić information content (AvgIpc) is 3.34. The van der Waals surface area contributed by atoms with Crippen molar-refractivity contribution in [2.24, 2.45) is 0 Å². The van der Waals surface area contributed by atoms with Gasteiger partial charge in [0.2, 0.25) is 5.91 Å². The molecule has 33 heavy (non-hydrogen) atoms. The molecule has 0 atom stereocenters. The third-order valence-electron chi connectivity index (χ3n) is 4.65. The van der Waals surface area contributed by atoms with Crippen LogP contribution in [0.25, 0.3) is 17.4 Å². The Morgan fingerprint density at radius 3 is 2.58 bits per heavy atom. The highest BCUT2D eigenvalue weighted by atomic mass is 32.2. The number of benzene rings is 2. The topological polar surface area (TPSA) is 88.8 Å². The van der Waals surface area contributed by atoms with Crippen LogP contribution in [0.2, 0.25) is 0 Å². The van der Waals surface area contributed by atoms with Crippen LogP contribution in [0.3, 0.4) is 0 Å². The molecule has 0 unspecified atom stereocenters. The minimum atomic E-state index is -0.793. The first-order chi connectivity index (χ1) is 15.8. The van der Waals surface area contributed by atoms with Gasteiger partial charge in [-0.1, -0.05) is 0 Å². The molecule has 1 aliphatic rings. The average molecular weight is 470 g/mol. The molecule has 168 valence electrons. The molecule has 2 aromatic carbocycles. The number of halogens is 2. The zero-order valence-electron chi connectivity index (χ0n) is 17.1. The molecule has 0 radical (unpaired) electrons. The number of ether oxygens (including phenoxy) is 1. The molecule has 0 spiro atoms. The van der Waals surface area contributed by atoms with Crippen LogP contribution in [0.15, 0.2) is 63.9 Å². The van der Waals surface area contributed by atoms with Crippen molar-refractivity contribution in [3.05, 3.63) is 76.9 Å². The lowest BCUT2D eigenvalue weighted by Gasteiger charge is -2.12. The largest absolute Gasteiger partial charge is 0.497 e. The minimum Gasteiger partial charge on any atom is -0.497 e. The lowest BCUT2D eigenvalue weighted by molar-refractivity contribution is -0.127. The molecule has 3 aromatic rings. The van der Waals surface area contributed by atoms with Crippen LogP contribution in [0.4, 0.5) is 19.3 Å². The summed E-state index contributed by atoms with van der Waals surface area (Å²) >= 11 is 0.658. The fourth-order valence-corrected chi connectivity index (χ4v) is 3.87. The maximum atomic E-state index is 14.0. The highest BCUT2D eigenvalue weighted by molar-refractivity contribution is 8.18. The van der Waals surface area contributed by atoms with Gasteiger partial charge < -0.3 is 14.5 Å². The van der Waals surface area contributed by atoms with Crippen molar-refractivity contribution >= 4 is 40.6 Å². The van der Waals surface area contributed by atoms with Crippen LogP contribution >= 0.6 is 11.8 Å². The minimum absolute atomic E-state index is 0.0534. The number of nitrogens with zero attached hydrogens (tertiary/aromatic N) is 1. The van der Waals surface area contributed by atoms with Gasteiger partial charge in [0.1, 0.15) is 35.4 Å². The molecule has 1 N–H and O–H groups in total. The maximum Gasteiger partial charge on any atom is 0.294 e. The van der Waals surface area contributed by atoms with E-state index in [-0.39, 0.29) is 22.0 Å². The predicted molar refractivity (Wildman–Crippen MR) is 118 cm³/mol. The number of nitrogens with one attached hydrogen (secondary N) is 1. The van der Waals surface area contributed by atoms with Gasteiger partial charge in [-0.3, -0.25) is 19.3 Å². The number of furan rings is 1. The standard InChI is InChI=1S/C23H16F2N2O5S/c1-31-15-5-3-14(4-6-15)26-21(28)12-27-22(29)20(33-23(27)30)11-16-7-9-19(32-16)17-8-2-13(24)10-18(17)25/h2-11H,12H2,1H3,(H,26,28)/b20-11+. The Hall–Kier alpha value is -3.92. The molecule has 0 bridgehead atoms. The summed E-state index contributed by atoms with van der Waals surface area (Å²) < 4.78 is 37.6. The normalized spacial score (nSPS) is 14.8.